The summed E-state index contributed by atoms with van der Waals surface area (Å²) in [5, 5.41) is 14.7. The summed E-state index contributed by atoms with van der Waals surface area (Å²) < 4.78 is 0.796. The van der Waals surface area contributed by atoms with Gasteiger partial charge in [0, 0.05) is 14.9 Å². The number of halogens is 1. The van der Waals surface area contributed by atoms with Crippen LogP contribution in [0.5, 0.6) is 0 Å². The van der Waals surface area contributed by atoms with Gasteiger partial charge in [0.1, 0.15) is 12.2 Å². The first-order valence-electron chi connectivity index (χ1n) is 4.34. The predicted octanol–water partition coefficient (Wildman–Crippen LogP) is 2.00. The maximum Gasteiger partial charge on any atom is 0.188 e. The molecule has 0 saturated heterocycles. The number of nitrogens with zero attached hydrogens (tertiary/aromatic N) is 2. The van der Waals surface area contributed by atoms with Crippen LogP contribution in [0.4, 0.5) is 0 Å². The van der Waals surface area contributed by atoms with Gasteiger partial charge in [0.05, 0.1) is 0 Å². The molecule has 0 saturated carbocycles. The van der Waals surface area contributed by atoms with Crippen LogP contribution < -0.4 is 5.73 Å². The molecule has 0 bridgehead atoms. The van der Waals surface area contributed by atoms with Gasteiger partial charge in [-0.15, -0.1) is 0 Å². The van der Waals surface area contributed by atoms with E-state index in [0.29, 0.717) is 10.7 Å². The second-order valence-corrected chi connectivity index (χ2v) is 4.80. The van der Waals surface area contributed by atoms with Crippen molar-refractivity contribution in [2.45, 2.75) is 10.1 Å². The van der Waals surface area contributed by atoms with Crippen LogP contribution in [0.1, 0.15) is 5.56 Å². The van der Waals surface area contributed by atoms with Gasteiger partial charge in [0.25, 0.3) is 0 Å². The maximum atomic E-state index is 7.53. The Morgan fingerprint density at radius 1 is 1.50 bits per heavy atom. The van der Waals surface area contributed by atoms with Crippen molar-refractivity contribution in [2.24, 2.45) is 5.73 Å². The highest BCUT2D eigenvalue weighted by molar-refractivity contribution is 9.10. The molecule has 7 heteroatoms. The average molecular weight is 298 g/mol. The summed E-state index contributed by atoms with van der Waals surface area (Å²) in [4.78, 5) is 4.87. The molecule has 0 aliphatic heterocycles. The van der Waals surface area contributed by atoms with Crippen LogP contribution in [0.3, 0.4) is 0 Å². The number of amidine groups is 1. The first kappa shape index (κ1) is 11.2. The third-order valence-electron chi connectivity index (χ3n) is 1.84. The van der Waals surface area contributed by atoms with Crippen molar-refractivity contribution < 1.29 is 0 Å². The number of aromatic amines is 1. The van der Waals surface area contributed by atoms with E-state index in [2.05, 4.69) is 31.1 Å². The van der Waals surface area contributed by atoms with Crippen LogP contribution >= 0.6 is 27.7 Å². The molecule has 0 radical (unpaired) electrons. The van der Waals surface area contributed by atoms with Gasteiger partial charge < -0.3 is 5.73 Å². The van der Waals surface area contributed by atoms with E-state index in [0.717, 1.165) is 9.37 Å². The standard InChI is InChI=1S/C9H8BrN5S/c10-5-2-1-3-6(7(5)8(11)12)16-9-13-4-14-15-9/h1-4H,(H3,11,12)(H,13,14,15). The molecule has 1 heterocycles. The monoisotopic (exact) mass is 297 g/mol. The average Bonchev–Trinajstić information content (AvgIpc) is 2.70. The lowest BCUT2D eigenvalue weighted by molar-refractivity contribution is 0.973. The molecular formula is C9H8BrN5S. The summed E-state index contributed by atoms with van der Waals surface area (Å²) in [5.41, 5.74) is 6.21. The minimum absolute atomic E-state index is 0.0227. The molecule has 0 fully saturated rings. The van der Waals surface area contributed by atoms with Gasteiger partial charge in [-0.1, -0.05) is 6.07 Å². The van der Waals surface area contributed by atoms with Crippen LogP contribution in [0.15, 0.2) is 39.1 Å². The molecule has 1 aromatic heterocycles. The quantitative estimate of drug-likeness (QED) is 0.597. The van der Waals surface area contributed by atoms with E-state index in [9.17, 15) is 0 Å². The Morgan fingerprint density at radius 3 is 2.94 bits per heavy atom. The summed E-state index contributed by atoms with van der Waals surface area (Å²) in [6.07, 6.45) is 1.44. The smallest absolute Gasteiger partial charge is 0.188 e. The van der Waals surface area contributed by atoms with Crippen molar-refractivity contribution in [3.05, 3.63) is 34.6 Å². The van der Waals surface area contributed by atoms with Gasteiger partial charge in [0.2, 0.25) is 0 Å². The van der Waals surface area contributed by atoms with E-state index in [4.69, 9.17) is 11.1 Å². The second-order valence-electron chi connectivity index (χ2n) is 2.92. The highest BCUT2D eigenvalue weighted by Gasteiger charge is 2.11. The largest absolute Gasteiger partial charge is 0.384 e. The minimum atomic E-state index is 0.0227. The molecule has 5 nitrogen and oxygen atoms in total. The lowest BCUT2D eigenvalue weighted by atomic mass is 10.2. The van der Waals surface area contributed by atoms with E-state index in [1.165, 1.54) is 18.1 Å². The Kier molecular flexibility index (Phi) is 3.25. The summed E-state index contributed by atoms with van der Waals surface area (Å²) in [5.74, 6) is 0.0227. The Balaban J connectivity index is 2.40. The highest BCUT2D eigenvalue weighted by Crippen LogP contribution is 2.31. The van der Waals surface area contributed by atoms with E-state index in [1.54, 1.807) is 0 Å². The van der Waals surface area contributed by atoms with Gasteiger partial charge in [-0.25, -0.2) is 4.98 Å². The van der Waals surface area contributed by atoms with Crippen molar-refractivity contribution in [3.8, 4) is 0 Å². The fraction of sp³-hybridized carbons (Fsp3) is 0. The molecule has 4 N–H and O–H groups in total. The van der Waals surface area contributed by atoms with E-state index in [-0.39, 0.29) is 5.84 Å². The zero-order valence-corrected chi connectivity index (χ0v) is 10.5. The van der Waals surface area contributed by atoms with Crippen LogP contribution in [-0.4, -0.2) is 21.0 Å². The molecule has 0 amide bonds. The molecule has 0 atom stereocenters. The molecular weight excluding hydrogens is 290 g/mol. The summed E-state index contributed by atoms with van der Waals surface area (Å²) in [6.45, 7) is 0. The van der Waals surface area contributed by atoms with Crippen molar-refractivity contribution >= 4 is 33.5 Å². The molecule has 0 aliphatic rings. The van der Waals surface area contributed by atoms with E-state index < -0.39 is 0 Å². The van der Waals surface area contributed by atoms with Crippen LogP contribution in [-0.2, 0) is 0 Å². The number of benzene rings is 1. The van der Waals surface area contributed by atoms with Gasteiger partial charge in [-0.05, 0) is 39.8 Å². The topological polar surface area (TPSA) is 91.4 Å². The van der Waals surface area contributed by atoms with Crippen molar-refractivity contribution in [1.29, 1.82) is 5.41 Å². The number of nitrogens with two attached hydrogens (primary N) is 1. The number of nitrogen functional groups attached to an aromatic ring is 1. The molecule has 16 heavy (non-hydrogen) atoms. The number of aromatic nitrogens is 3. The number of H-pyrrole nitrogens is 1. The number of hydrogen-bond acceptors (Lipinski definition) is 4. The molecule has 0 unspecified atom stereocenters. The third-order valence-corrected chi connectivity index (χ3v) is 3.46. The SMILES string of the molecule is N=C(N)c1c(Br)cccc1Sc1ncn[nH]1. The maximum absolute atomic E-state index is 7.53. The van der Waals surface area contributed by atoms with Crippen LogP contribution in [0.2, 0.25) is 0 Å². The first-order valence-corrected chi connectivity index (χ1v) is 5.95. The summed E-state index contributed by atoms with van der Waals surface area (Å²) >= 11 is 4.75. The van der Waals surface area contributed by atoms with Crippen LogP contribution in [0.25, 0.3) is 0 Å². The van der Waals surface area contributed by atoms with E-state index in [1.807, 2.05) is 18.2 Å². The number of rotatable bonds is 3. The van der Waals surface area contributed by atoms with Crippen LogP contribution in [0, 0.1) is 5.41 Å². The lowest BCUT2D eigenvalue weighted by Gasteiger charge is -2.07. The zero-order valence-electron chi connectivity index (χ0n) is 8.07. The third kappa shape index (κ3) is 2.25. The van der Waals surface area contributed by atoms with Gasteiger partial charge in [-0.3, -0.25) is 10.5 Å². The highest BCUT2D eigenvalue weighted by atomic mass is 79.9. The molecule has 0 spiro atoms. The fourth-order valence-corrected chi connectivity index (χ4v) is 2.78. The normalized spacial score (nSPS) is 10.3. The van der Waals surface area contributed by atoms with Gasteiger partial charge in [-0.2, -0.15) is 5.10 Å². The van der Waals surface area contributed by atoms with Crippen molar-refractivity contribution in [1.82, 2.24) is 15.2 Å². The Labute approximate surface area is 104 Å². The Hall–Kier alpha value is -1.34. The summed E-state index contributed by atoms with van der Waals surface area (Å²) in [6, 6.07) is 5.62. The summed E-state index contributed by atoms with van der Waals surface area (Å²) in [7, 11) is 0. The second kappa shape index (κ2) is 4.67. The minimum Gasteiger partial charge on any atom is -0.384 e. The Bertz CT molecular complexity index is 511. The molecule has 2 rings (SSSR count). The van der Waals surface area contributed by atoms with Crippen molar-refractivity contribution in [2.75, 3.05) is 0 Å². The molecule has 1 aromatic carbocycles. The fourth-order valence-electron chi connectivity index (χ4n) is 1.20. The van der Waals surface area contributed by atoms with E-state index >= 15 is 0 Å². The van der Waals surface area contributed by atoms with Gasteiger partial charge >= 0.3 is 0 Å². The molecule has 2 aromatic rings. The van der Waals surface area contributed by atoms with Crippen molar-refractivity contribution in [3.63, 3.8) is 0 Å². The van der Waals surface area contributed by atoms with Gasteiger partial charge in [0.15, 0.2) is 5.16 Å². The first-order chi connectivity index (χ1) is 7.68. The number of hydrogen-bond donors (Lipinski definition) is 3. The molecule has 82 valence electrons. The lowest BCUT2D eigenvalue weighted by Crippen LogP contribution is -2.13. The Morgan fingerprint density at radius 2 is 2.31 bits per heavy atom. The predicted molar refractivity (Wildman–Crippen MR) is 65.7 cm³/mol. The zero-order chi connectivity index (χ0) is 11.5. The number of nitrogens with one attached hydrogen (secondary N) is 2. The molecule has 0 aliphatic carbocycles.